The zero-order valence-corrected chi connectivity index (χ0v) is 56.5. The molecule has 108 heavy (non-hydrogen) atoms. The number of anilines is 4. The van der Waals surface area contributed by atoms with Crippen LogP contribution in [0.25, 0.3) is 90.2 Å². The number of aryl methyl sites for hydroxylation is 1. The Bertz CT molecular complexity index is 5950. The molecule has 1 aliphatic rings. The van der Waals surface area contributed by atoms with Crippen LogP contribution in [-0.2, 0) is 0 Å². The van der Waals surface area contributed by atoms with Crippen molar-refractivity contribution in [1.82, 2.24) is 85.6 Å². The third kappa shape index (κ3) is 15.0. The van der Waals surface area contributed by atoms with Crippen LogP contribution in [0.15, 0.2) is 183 Å². The Morgan fingerprint density at radius 1 is 0.389 bits per heavy atom. The van der Waals surface area contributed by atoms with Gasteiger partial charge in [-0.05, 0) is 110 Å². The van der Waals surface area contributed by atoms with Crippen LogP contribution in [0.3, 0.4) is 0 Å². The van der Waals surface area contributed by atoms with Gasteiger partial charge in [0, 0.05) is 36.9 Å². The summed E-state index contributed by atoms with van der Waals surface area (Å²) >= 11 is 6.17. The molecule has 0 saturated carbocycles. The summed E-state index contributed by atoms with van der Waals surface area (Å²) in [6.07, 6.45) is 7.55. The predicted octanol–water partition coefficient (Wildman–Crippen LogP) is 15.0. The number of benzene rings is 8. The van der Waals surface area contributed by atoms with Crippen molar-refractivity contribution >= 4 is 108 Å². The zero-order chi connectivity index (χ0) is 75.3. The number of hydrogen-bond donors (Lipinski definition) is 12. The van der Waals surface area contributed by atoms with E-state index < -0.39 is 69.6 Å². The summed E-state index contributed by atoms with van der Waals surface area (Å²) in [6, 6.07) is 39.8. The standard InChI is InChI=1S/C22H18F2N6O2.C18H14ClN5O.C17H10F3N5O.C17H11F2N5O/c23-13-4-3-5-14(24)18(13)21(31)28-17-11-25-29-19(17)20-26-15-7-6-12(10-16(15)27-20)22(32)30-8-1-2-9-30;1-10-5-4-6-11(19)15(10)18(25)23-14-9-20-24-16(14)17-21-12-7-2-3-8-13(12)22-17;18-8-5-9(19)14(10(20)6-8)17(26)24-13-7-21-25-15(13)16-22-11-3-1-2-4-12(11)23-16;18-9-5-6-10(11(19)7-9)17(25)23-14-8-20-24-15(14)16-21-12-3-1-2-4-13(12)22-16/h3-7,10-11H,1-2,8-9H2,(H,25,29)(H,26,27)(H,28,31);2-9H,1H3,(H,20,24)(H,21,22)(H,23,25);1-7H,(H,21,25)(H,22,23)(H,24,26);1-8H,(H,20,24)(H,21,22)(H,23,25). The maximum atomic E-state index is 13.9. The van der Waals surface area contributed by atoms with Crippen LogP contribution in [0.5, 0.6) is 0 Å². The molecule has 34 heteroatoms. The van der Waals surface area contributed by atoms with E-state index in [4.69, 9.17) is 11.6 Å². The minimum Gasteiger partial charge on any atom is -0.339 e. The lowest BCUT2D eigenvalue weighted by atomic mass is 10.1. The van der Waals surface area contributed by atoms with Crippen molar-refractivity contribution in [2.45, 2.75) is 19.8 Å². The van der Waals surface area contributed by atoms with Gasteiger partial charge in [-0.2, -0.15) is 20.4 Å². The lowest BCUT2D eigenvalue weighted by Gasteiger charge is -2.14. The van der Waals surface area contributed by atoms with Gasteiger partial charge in [-0.1, -0.05) is 66.2 Å². The number of imidazole rings is 4. The highest BCUT2D eigenvalue weighted by Gasteiger charge is 2.27. The molecule has 0 radical (unpaired) electrons. The lowest BCUT2D eigenvalue weighted by Crippen LogP contribution is -2.27. The number of amides is 5. The van der Waals surface area contributed by atoms with Crippen LogP contribution in [0.2, 0.25) is 5.02 Å². The molecule has 540 valence electrons. The number of aromatic amines is 8. The van der Waals surface area contributed by atoms with Gasteiger partial charge in [0.1, 0.15) is 74.6 Å². The molecule has 0 aliphatic carbocycles. The fourth-order valence-corrected chi connectivity index (χ4v) is 11.9. The Morgan fingerprint density at radius 3 is 1.21 bits per heavy atom. The van der Waals surface area contributed by atoms with Gasteiger partial charge in [0.05, 0.1) is 108 Å². The summed E-state index contributed by atoms with van der Waals surface area (Å²) < 4.78 is 95.1. The third-order valence-corrected chi connectivity index (χ3v) is 17.2. The second-order valence-electron chi connectivity index (χ2n) is 24.0. The molecular weight excluding hydrogens is 1430 g/mol. The number of carbonyl (C=O) groups excluding carboxylic acids is 5. The number of carbonyl (C=O) groups is 5. The fourth-order valence-electron chi connectivity index (χ4n) is 11.6. The van der Waals surface area contributed by atoms with Gasteiger partial charge in [0.15, 0.2) is 23.3 Å². The number of fused-ring (bicyclic) bond motifs is 4. The molecule has 0 spiro atoms. The van der Waals surface area contributed by atoms with Crippen molar-refractivity contribution in [1.29, 1.82) is 0 Å². The number of H-pyrrole nitrogens is 8. The second kappa shape index (κ2) is 30.5. The Labute approximate surface area is 607 Å². The van der Waals surface area contributed by atoms with E-state index in [1.54, 1.807) is 36.5 Å². The SMILES string of the molecule is Cc1cccc(Cl)c1C(=O)Nc1cn[nH]c1-c1nc2ccccc2[nH]1.O=C(Nc1cn[nH]c1-c1nc2ccc(C(=O)N3CCCC3)cc2[nH]1)c1c(F)cccc1F.O=C(Nc1cn[nH]c1-c1nc2ccccc2[nH]1)c1c(F)cc(F)cc1F.O=C(Nc1cn[nH]c1-c1nc2ccccc2[nH]1)c1ccc(F)cc1F. The Hall–Kier alpha value is -14.4. The Morgan fingerprint density at radius 2 is 0.778 bits per heavy atom. The van der Waals surface area contributed by atoms with Crippen molar-refractivity contribution < 1.29 is 54.7 Å². The summed E-state index contributed by atoms with van der Waals surface area (Å²) in [6.45, 7) is 3.35. The van der Waals surface area contributed by atoms with Gasteiger partial charge in [-0.15, -0.1) is 0 Å². The van der Waals surface area contributed by atoms with Crippen molar-refractivity contribution in [2.75, 3.05) is 34.4 Å². The highest BCUT2D eigenvalue weighted by Crippen LogP contribution is 2.33. The maximum absolute atomic E-state index is 13.9. The number of nitrogens with one attached hydrogen (secondary N) is 12. The highest BCUT2D eigenvalue weighted by molar-refractivity contribution is 6.34. The molecule has 1 aliphatic heterocycles. The number of para-hydroxylation sites is 6. The monoisotopic (exact) mass is 1480 g/mol. The number of likely N-dealkylation sites (tertiary alicyclic amines) is 1. The van der Waals surface area contributed by atoms with Gasteiger partial charge in [-0.3, -0.25) is 44.4 Å². The molecule has 1 fully saturated rings. The summed E-state index contributed by atoms with van der Waals surface area (Å²) in [5.74, 6) is -8.54. The average molecular weight is 1480 g/mol. The van der Waals surface area contributed by atoms with E-state index in [-0.39, 0.29) is 28.8 Å². The van der Waals surface area contributed by atoms with Crippen molar-refractivity contribution in [3.8, 4) is 46.1 Å². The van der Waals surface area contributed by atoms with Gasteiger partial charge >= 0.3 is 0 Å². The van der Waals surface area contributed by atoms with Gasteiger partial charge in [-0.25, -0.2) is 50.7 Å². The average Bonchev–Trinajstić information content (AvgIpc) is 1.23. The van der Waals surface area contributed by atoms with Crippen LogP contribution >= 0.6 is 11.6 Å². The van der Waals surface area contributed by atoms with E-state index in [0.717, 1.165) is 83.3 Å². The first kappa shape index (κ1) is 70.7. The zero-order valence-electron chi connectivity index (χ0n) is 55.7. The van der Waals surface area contributed by atoms with Crippen LogP contribution in [0.4, 0.5) is 53.5 Å². The first-order valence-corrected chi connectivity index (χ1v) is 33.0. The predicted molar refractivity (Wildman–Crippen MR) is 387 cm³/mol. The van der Waals surface area contributed by atoms with Gasteiger partial charge in [0.25, 0.3) is 29.5 Å². The molecular formula is C74H53ClF7N21O5. The Kier molecular flexibility index (Phi) is 20.0. The van der Waals surface area contributed by atoms with E-state index in [1.807, 2.05) is 90.7 Å². The normalized spacial score (nSPS) is 11.8. The topological polar surface area (TPSA) is 366 Å². The van der Waals surface area contributed by atoms with Gasteiger partial charge in [0.2, 0.25) is 0 Å². The summed E-state index contributed by atoms with van der Waals surface area (Å²) in [7, 11) is 0. The molecule has 9 heterocycles. The minimum absolute atomic E-state index is 0.0260. The van der Waals surface area contributed by atoms with E-state index in [2.05, 4.69) is 102 Å². The summed E-state index contributed by atoms with van der Waals surface area (Å²) in [4.78, 5) is 94.3. The van der Waals surface area contributed by atoms with E-state index in [0.29, 0.717) is 108 Å². The third-order valence-electron chi connectivity index (χ3n) is 16.8. The van der Waals surface area contributed by atoms with Crippen molar-refractivity contribution in [3.05, 3.63) is 262 Å². The van der Waals surface area contributed by atoms with E-state index >= 15 is 0 Å². The van der Waals surface area contributed by atoms with Gasteiger partial charge < -0.3 is 46.1 Å². The molecule has 0 unspecified atom stereocenters. The number of halogens is 8. The van der Waals surface area contributed by atoms with Crippen LogP contribution in [0.1, 0.15) is 70.2 Å². The van der Waals surface area contributed by atoms with Crippen molar-refractivity contribution in [2.24, 2.45) is 0 Å². The molecule has 8 aromatic carbocycles. The summed E-state index contributed by atoms with van der Waals surface area (Å²) in [5, 5.41) is 37.3. The number of aromatic nitrogens is 16. The smallest absolute Gasteiger partial charge is 0.261 e. The number of rotatable bonds is 13. The van der Waals surface area contributed by atoms with Crippen molar-refractivity contribution in [3.63, 3.8) is 0 Å². The molecule has 26 nitrogen and oxygen atoms in total. The second-order valence-corrected chi connectivity index (χ2v) is 24.4. The first-order chi connectivity index (χ1) is 52.3. The maximum Gasteiger partial charge on any atom is 0.261 e. The van der Waals surface area contributed by atoms with E-state index in [1.165, 1.54) is 24.7 Å². The van der Waals surface area contributed by atoms with E-state index in [9.17, 15) is 54.7 Å². The van der Waals surface area contributed by atoms with Crippen LogP contribution < -0.4 is 21.3 Å². The molecule has 16 aromatic rings. The highest BCUT2D eigenvalue weighted by atomic mass is 35.5. The number of nitrogens with zero attached hydrogens (tertiary/aromatic N) is 9. The van der Waals surface area contributed by atoms with Crippen LogP contribution in [0, 0.1) is 47.6 Å². The molecule has 5 amide bonds. The molecule has 8 aromatic heterocycles. The minimum atomic E-state index is -1.30. The number of hydrogen-bond acceptors (Lipinski definition) is 13. The first-order valence-electron chi connectivity index (χ1n) is 32.6. The van der Waals surface area contributed by atoms with Crippen LogP contribution in [-0.4, -0.2) is 128 Å². The molecule has 0 atom stereocenters. The fraction of sp³-hybridized carbons (Fsp3) is 0.0676. The largest absolute Gasteiger partial charge is 0.339 e. The molecule has 0 bridgehead atoms. The molecule has 1 saturated heterocycles. The molecule has 12 N–H and O–H groups in total. The Balaban J connectivity index is 0.000000121. The lowest BCUT2D eigenvalue weighted by molar-refractivity contribution is 0.0792. The molecule has 17 rings (SSSR count). The summed E-state index contributed by atoms with van der Waals surface area (Å²) in [5.41, 5.74) is 8.96. The quantitative estimate of drug-likeness (QED) is 0.0478.